The lowest BCUT2D eigenvalue weighted by molar-refractivity contribution is 0.475. The number of hydrogen-bond acceptors (Lipinski definition) is 2. The Labute approximate surface area is 106 Å². The maximum absolute atomic E-state index is 13.0. The van der Waals surface area contributed by atoms with Crippen LogP contribution in [0.25, 0.3) is 0 Å². The zero-order valence-corrected chi connectivity index (χ0v) is 10.2. The minimum absolute atomic E-state index is 0.365. The van der Waals surface area contributed by atoms with E-state index >= 15 is 0 Å². The van der Waals surface area contributed by atoms with Crippen molar-refractivity contribution in [1.82, 2.24) is 0 Å². The minimum Gasteiger partial charge on any atom is -0.456 e. The fourth-order valence-corrected chi connectivity index (χ4v) is 1.70. The van der Waals surface area contributed by atoms with Gasteiger partial charge in [-0.2, -0.15) is 5.26 Å². The Balaban J connectivity index is 2.34. The number of ether oxygens (including phenoxy) is 1. The number of halogens is 2. The Bertz CT molecular complexity index is 592. The molecule has 4 heteroatoms. The van der Waals surface area contributed by atoms with Crippen molar-refractivity contribution in [3.05, 3.63) is 58.3 Å². The highest BCUT2D eigenvalue weighted by atomic mass is 79.9. The Morgan fingerprint density at radius 1 is 1.18 bits per heavy atom. The second-order valence-corrected chi connectivity index (χ2v) is 4.23. The summed E-state index contributed by atoms with van der Waals surface area (Å²) in [7, 11) is 0. The third-order valence-electron chi connectivity index (χ3n) is 2.09. The van der Waals surface area contributed by atoms with E-state index in [-0.39, 0.29) is 5.82 Å². The third-order valence-corrected chi connectivity index (χ3v) is 2.58. The fraction of sp³-hybridized carbons (Fsp3) is 0. The molecule has 0 saturated carbocycles. The van der Waals surface area contributed by atoms with Crippen LogP contribution >= 0.6 is 15.9 Å². The van der Waals surface area contributed by atoms with E-state index in [2.05, 4.69) is 15.9 Å². The third kappa shape index (κ3) is 2.83. The molecule has 0 radical (unpaired) electrons. The average molecular weight is 292 g/mol. The van der Waals surface area contributed by atoms with Gasteiger partial charge in [0, 0.05) is 10.5 Å². The van der Waals surface area contributed by atoms with Gasteiger partial charge in [-0.3, -0.25) is 0 Å². The van der Waals surface area contributed by atoms with E-state index in [0.717, 1.165) is 4.47 Å². The van der Waals surface area contributed by atoms with E-state index in [4.69, 9.17) is 10.00 Å². The molecule has 0 atom stereocenters. The molecule has 0 unspecified atom stereocenters. The van der Waals surface area contributed by atoms with Crippen molar-refractivity contribution >= 4 is 15.9 Å². The molecule has 84 valence electrons. The van der Waals surface area contributed by atoms with Gasteiger partial charge < -0.3 is 4.74 Å². The molecule has 0 bridgehead atoms. The van der Waals surface area contributed by atoms with Gasteiger partial charge in [-0.1, -0.05) is 22.0 Å². The summed E-state index contributed by atoms with van der Waals surface area (Å²) in [5, 5.41) is 8.95. The second-order valence-electron chi connectivity index (χ2n) is 3.31. The van der Waals surface area contributed by atoms with E-state index in [1.807, 2.05) is 6.07 Å². The molecular weight excluding hydrogens is 285 g/mol. The first-order valence-electron chi connectivity index (χ1n) is 4.82. The summed E-state index contributed by atoms with van der Waals surface area (Å²) < 4.78 is 19.2. The second kappa shape index (κ2) is 4.98. The quantitative estimate of drug-likeness (QED) is 0.828. The van der Waals surface area contributed by atoms with Crippen molar-refractivity contribution in [2.24, 2.45) is 0 Å². The molecule has 0 saturated heterocycles. The lowest BCUT2D eigenvalue weighted by atomic mass is 10.2. The summed E-state index contributed by atoms with van der Waals surface area (Å²) in [5.74, 6) is 0.392. The molecule has 0 aliphatic carbocycles. The largest absolute Gasteiger partial charge is 0.456 e. The van der Waals surface area contributed by atoms with Gasteiger partial charge in [-0.25, -0.2) is 4.39 Å². The Hall–Kier alpha value is -1.86. The van der Waals surface area contributed by atoms with Crippen LogP contribution in [0.2, 0.25) is 0 Å². The normalized spacial score (nSPS) is 9.71. The van der Waals surface area contributed by atoms with Crippen molar-refractivity contribution < 1.29 is 9.13 Å². The van der Waals surface area contributed by atoms with E-state index in [1.165, 1.54) is 12.1 Å². The molecule has 0 heterocycles. The summed E-state index contributed by atoms with van der Waals surface area (Å²) in [4.78, 5) is 0. The monoisotopic (exact) mass is 291 g/mol. The summed E-state index contributed by atoms with van der Waals surface area (Å²) >= 11 is 3.27. The summed E-state index contributed by atoms with van der Waals surface area (Å²) in [5.41, 5.74) is 0.392. The van der Waals surface area contributed by atoms with Crippen molar-refractivity contribution in [2.75, 3.05) is 0 Å². The fourth-order valence-electron chi connectivity index (χ4n) is 1.34. The Morgan fingerprint density at radius 3 is 2.71 bits per heavy atom. The van der Waals surface area contributed by atoms with Crippen LogP contribution < -0.4 is 4.74 Å². The first-order chi connectivity index (χ1) is 8.19. The van der Waals surface area contributed by atoms with Crippen molar-refractivity contribution in [2.45, 2.75) is 0 Å². The first-order valence-corrected chi connectivity index (χ1v) is 5.61. The predicted molar refractivity (Wildman–Crippen MR) is 65.3 cm³/mol. The van der Waals surface area contributed by atoms with Crippen LogP contribution in [0, 0.1) is 17.1 Å². The smallest absolute Gasteiger partial charge is 0.145 e. The Morgan fingerprint density at radius 2 is 2.00 bits per heavy atom. The summed E-state index contributed by atoms with van der Waals surface area (Å²) in [6, 6.07) is 12.9. The van der Waals surface area contributed by atoms with Gasteiger partial charge in [0.15, 0.2) is 0 Å². The SMILES string of the molecule is N#Cc1cc(Br)ccc1Oc1cccc(F)c1. The highest BCUT2D eigenvalue weighted by Crippen LogP contribution is 2.27. The number of nitrogens with zero attached hydrogens (tertiary/aromatic N) is 1. The van der Waals surface area contributed by atoms with Gasteiger partial charge in [0.25, 0.3) is 0 Å². The molecule has 2 nitrogen and oxygen atoms in total. The highest BCUT2D eigenvalue weighted by Gasteiger charge is 2.05. The molecule has 2 aromatic carbocycles. The lowest BCUT2D eigenvalue weighted by Crippen LogP contribution is -1.88. The lowest BCUT2D eigenvalue weighted by Gasteiger charge is -2.07. The highest BCUT2D eigenvalue weighted by molar-refractivity contribution is 9.10. The van der Waals surface area contributed by atoms with Crippen molar-refractivity contribution in [3.8, 4) is 17.6 Å². The van der Waals surface area contributed by atoms with E-state index in [9.17, 15) is 4.39 Å². The molecule has 0 amide bonds. The van der Waals surface area contributed by atoms with Crippen LogP contribution in [0.5, 0.6) is 11.5 Å². The van der Waals surface area contributed by atoms with Gasteiger partial charge in [0.05, 0.1) is 5.56 Å². The standard InChI is InChI=1S/C13H7BrFNO/c14-10-4-5-13(9(6-10)8-16)17-12-3-1-2-11(15)7-12/h1-7H. The van der Waals surface area contributed by atoms with E-state index in [0.29, 0.717) is 17.1 Å². The molecule has 0 aromatic heterocycles. The van der Waals surface area contributed by atoms with Crippen molar-refractivity contribution in [3.63, 3.8) is 0 Å². The predicted octanol–water partition coefficient (Wildman–Crippen LogP) is 4.25. The maximum atomic E-state index is 13.0. The molecule has 0 aliphatic heterocycles. The maximum Gasteiger partial charge on any atom is 0.145 e. The van der Waals surface area contributed by atoms with Crippen molar-refractivity contribution in [1.29, 1.82) is 5.26 Å². The van der Waals surface area contributed by atoms with Gasteiger partial charge in [0.2, 0.25) is 0 Å². The number of rotatable bonds is 2. The molecule has 2 rings (SSSR count). The van der Waals surface area contributed by atoms with Gasteiger partial charge in [-0.15, -0.1) is 0 Å². The van der Waals surface area contributed by atoms with Gasteiger partial charge >= 0.3 is 0 Å². The molecule has 0 N–H and O–H groups in total. The zero-order valence-electron chi connectivity index (χ0n) is 8.65. The molecule has 17 heavy (non-hydrogen) atoms. The van der Waals surface area contributed by atoms with Gasteiger partial charge in [0.1, 0.15) is 23.4 Å². The van der Waals surface area contributed by atoms with Crippen LogP contribution in [-0.2, 0) is 0 Å². The van der Waals surface area contributed by atoms with E-state index < -0.39 is 0 Å². The minimum atomic E-state index is -0.377. The first kappa shape index (κ1) is 11.6. The summed E-state index contributed by atoms with van der Waals surface area (Å²) in [6.45, 7) is 0. The molecule has 0 aliphatic rings. The Kier molecular flexibility index (Phi) is 3.40. The van der Waals surface area contributed by atoms with Gasteiger partial charge in [-0.05, 0) is 30.3 Å². The van der Waals surface area contributed by atoms with Crippen LogP contribution in [0.15, 0.2) is 46.9 Å². The zero-order chi connectivity index (χ0) is 12.3. The number of hydrogen-bond donors (Lipinski definition) is 0. The van der Waals surface area contributed by atoms with Crippen LogP contribution in [0.4, 0.5) is 4.39 Å². The average Bonchev–Trinajstić information content (AvgIpc) is 2.31. The molecule has 0 spiro atoms. The molecule has 0 fully saturated rings. The summed E-state index contributed by atoms with van der Waals surface area (Å²) in [6.07, 6.45) is 0. The van der Waals surface area contributed by atoms with Crippen LogP contribution in [0.1, 0.15) is 5.56 Å². The topological polar surface area (TPSA) is 33.0 Å². The number of nitriles is 1. The number of benzene rings is 2. The van der Waals surface area contributed by atoms with E-state index in [1.54, 1.807) is 30.3 Å². The molecule has 2 aromatic rings. The molecular formula is C13H7BrFNO. The van der Waals surface area contributed by atoms with Crippen LogP contribution in [0.3, 0.4) is 0 Å². The van der Waals surface area contributed by atoms with Crippen LogP contribution in [-0.4, -0.2) is 0 Å².